The van der Waals surface area contributed by atoms with Gasteiger partial charge in [0.05, 0.1) is 5.56 Å². The van der Waals surface area contributed by atoms with E-state index in [-0.39, 0.29) is 5.91 Å². The van der Waals surface area contributed by atoms with Crippen LogP contribution in [0.5, 0.6) is 0 Å². The van der Waals surface area contributed by atoms with E-state index in [9.17, 15) is 9.59 Å². The van der Waals surface area contributed by atoms with Gasteiger partial charge in [-0.15, -0.1) is 0 Å². The lowest BCUT2D eigenvalue weighted by molar-refractivity contribution is -0.123. The van der Waals surface area contributed by atoms with Gasteiger partial charge in [0.2, 0.25) is 0 Å². The summed E-state index contributed by atoms with van der Waals surface area (Å²) >= 11 is 0. The predicted molar refractivity (Wildman–Crippen MR) is 113 cm³/mol. The molecule has 146 valence electrons. The molecule has 0 aliphatic rings. The number of amides is 1. The van der Waals surface area contributed by atoms with Crippen molar-refractivity contribution in [1.29, 1.82) is 0 Å². The first-order chi connectivity index (χ1) is 14.1. The van der Waals surface area contributed by atoms with Crippen molar-refractivity contribution in [1.82, 2.24) is 9.55 Å². The van der Waals surface area contributed by atoms with E-state index in [2.05, 4.69) is 33.9 Å². The maximum Gasteiger partial charge on any atom is 0.340 e. The van der Waals surface area contributed by atoms with Crippen LogP contribution in [0.3, 0.4) is 0 Å². The predicted octanol–water partition coefficient (Wildman–Crippen LogP) is 4.39. The Balaban J connectivity index is 1.55. The van der Waals surface area contributed by atoms with Crippen LogP contribution in [-0.4, -0.2) is 27.5 Å². The molecule has 29 heavy (non-hydrogen) atoms. The maximum atomic E-state index is 12.5. The van der Waals surface area contributed by atoms with E-state index in [4.69, 9.17) is 4.74 Å². The van der Waals surface area contributed by atoms with Crippen LogP contribution < -0.4 is 5.32 Å². The minimum atomic E-state index is -0.935. The Morgan fingerprint density at radius 2 is 1.86 bits per heavy atom. The Labute approximate surface area is 168 Å². The summed E-state index contributed by atoms with van der Waals surface area (Å²) in [7, 11) is 0. The smallest absolute Gasteiger partial charge is 0.340 e. The number of nitrogens with zero attached hydrogens (tertiary/aromatic N) is 2. The minimum Gasteiger partial charge on any atom is -0.449 e. The molecule has 6 heteroatoms. The van der Waals surface area contributed by atoms with Crippen molar-refractivity contribution in [2.24, 2.45) is 0 Å². The number of aryl methyl sites for hydroxylation is 1. The van der Waals surface area contributed by atoms with E-state index in [0.717, 1.165) is 28.4 Å². The van der Waals surface area contributed by atoms with Crippen LogP contribution in [0, 0.1) is 0 Å². The molecule has 2 heterocycles. The van der Waals surface area contributed by atoms with E-state index in [1.165, 1.54) is 6.20 Å². The van der Waals surface area contributed by atoms with Crippen molar-refractivity contribution >= 4 is 39.4 Å². The first-order valence-electron chi connectivity index (χ1n) is 9.51. The molecule has 0 radical (unpaired) electrons. The van der Waals surface area contributed by atoms with Gasteiger partial charge in [0.25, 0.3) is 5.91 Å². The van der Waals surface area contributed by atoms with Crippen LogP contribution >= 0.6 is 0 Å². The number of para-hydroxylation sites is 1. The molecular formula is C23H21N3O3. The van der Waals surface area contributed by atoms with Gasteiger partial charge in [0, 0.05) is 46.4 Å². The van der Waals surface area contributed by atoms with Gasteiger partial charge in [-0.25, -0.2) is 4.79 Å². The summed E-state index contributed by atoms with van der Waals surface area (Å²) < 4.78 is 7.50. The summed E-state index contributed by atoms with van der Waals surface area (Å²) in [6.45, 7) is 4.52. The van der Waals surface area contributed by atoms with E-state index in [0.29, 0.717) is 11.3 Å². The zero-order valence-electron chi connectivity index (χ0n) is 16.3. The van der Waals surface area contributed by atoms with Gasteiger partial charge < -0.3 is 14.6 Å². The SMILES string of the molecule is CCn1c2ccccc2c2cc(NC(=O)[C@@H](C)OC(=O)c3cccnc3)ccc21. The molecule has 2 aromatic heterocycles. The van der Waals surface area contributed by atoms with Crippen molar-refractivity contribution in [2.75, 3.05) is 5.32 Å². The lowest BCUT2D eigenvalue weighted by atomic mass is 10.1. The molecule has 0 saturated carbocycles. The quantitative estimate of drug-likeness (QED) is 0.515. The van der Waals surface area contributed by atoms with Gasteiger partial charge in [-0.1, -0.05) is 18.2 Å². The molecule has 4 aromatic rings. The maximum absolute atomic E-state index is 12.5. The molecule has 1 N–H and O–H groups in total. The lowest BCUT2D eigenvalue weighted by Crippen LogP contribution is -2.30. The molecule has 0 unspecified atom stereocenters. The average molecular weight is 387 g/mol. The summed E-state index contributed by atoms with van der Waals surface area (Å²) in [5.41, 5.74) is 3.24. The molecule has 0 aliphatic carbocycles. The molecule has 6 nitrogen and oxygen atoms in total. The number of benzene rings is 2. The van der Waals surface area contributed by atoms with Crippen LogP contribution in [0.1, 0.15) is 24.2 Å². The van der Waals surface area contributed by atoms with Crippen LogP contribution in [-0.2, 0) is 16.1 Å². The van der Waals surface area contributed by atoms with Crippen molar-refractivity contribution < 1.29 is 14.3 Å². The highest BCUT2D eigenvalue weighted by molar-refractivity contribution is 6.10. The summed E-state index contributed by atoms with van der Waals surface area (Å²) in [5, 5.41) is 5.05. The molecular weight excluding hydrogens is 366 g/mol. The Kier molecular flexibility index (Phi) is 4.99. The van der Waals surface area contributed by atoms with Crippen LogP contribution in [0.25, 0.3) is 21.8 Å². The molecule has 0 fully saturated rings. The van der Waals surface area contributed by atoms with E-state index < -0.39 is 12.1 Å². The molecule has 2 aromatic carbocycles. The number of anilines is 1. The van der Waals surface area contributed by atoms with Crippen LogP contribution in [0.2, 0.25) is 0 Å². The second-order valence-electron chi connectivity index (χ2n) is 6.77. The normalized spacial score (nSPS) is 12.1. The van der Waals surface area contributed by atoms with Crippen LogP contribution in [0.15, 0.2) is 67.0 Å². The Morgan fingerprint density at radius 1 is 1.07 bits per heavy atom. The van der Waals surface area contributed by atoms with E-state index in [1.807, 2.05) is 30.3 Å². The van der Waals surface area contributed by atoms with Crippen molar-refractivity contribution in [3.8, 4) is 0 Å². The number of esters is 1. The number of pyridine rings is 1. The highest BCUT2D eigenvalue weighted by atomic mass is 16.5. The minimum absolute atomic E-state index is 0.306. The summed E-state index contributed by atoms with van der Waals surface area (Å²) in [6, 6.07) is 17.3. The average Bonchev–Trinajstić information content (AvgIpc) is 3.07. The zero-order valence-corrected chi connectivity index (χ0v) is 16.3. The molecule has 1 amide bonds. The topological polar surface area (TPSA) is 73.2 Å². The number of hydrogen-bond acceptors (Lipinski definition) is 4. The second-order valence-corrected chi connectivity index (χ2v) is 6.77. The largest absolute Gasteiger partial charge is 0.449 e. The highest BCUT2D eigenvalue weighted by Crippen LogP contribution is 2.31. The zero-order chi connectivity index (χ0) is 20.4. The van der Waals surface area contributed by atoms with Gasteiger partial charge in [-0.05, 0) is 50.2 Å². The molecule has 0 spiro atoms. The van der Waals surface area contributed by atoms with Crippen molar-refractivity contribution in [3.63, 3.8) is 0 Å². The highest BCUT2D eigenvalue weighted by Gasteiger charge is 2.19. The molecule has 0 aliphatic heterocycles. The van der Waals surface area contributed by atoms with Gasteiger partial charge in [-0.3, -0.25) is 9.78 Å². The number of nitrogens with one attached hydrogen (secondary N) is 1. The fraction of sp³-hybridized carbons (Fsp3) is 0.174. The standard InChI is InChI=1S/C23H21N3O3/c1-3-26-20-9-5-4-8-18(20)19-13-17(10-11-21(19)26)25-22(27)15(2)29-23(28)16-7-6-12-24-14-16/h4-15H,3H2,1-2H3,(H,25,27)/t15-/m1/s1. The number of rotatable bonds is 5. The van der Waals surface area contributed by atoms with Crippen molar-refractivity contribution in [2.45, 2.75) is 26.5 Å². The van der Waals surface area contributed by atoms with Gasteiger partial charge >= 0.3 is 5.97 Å². The first-order valence-corrected chi connectivity index (χ1v) is 9.51. The van der Waals surface area contributed by atoms with E-state index in [1.54, 1.807) is 25.3 Å². The van der Waals surface area contributed by atoms with Gasteiger partial charge in [0.1, 0.15) is 0 Å². The third kappa shape index (κ3) is 3.57. The third-order valence-electron chi connectivity index (χ3n) is 4.91. The number of aromatic nitrogens is 2. The summed E-state index contributed by atoms with van der Waals surface area (Å²) in [4.78, 5) is 28.5. The summed E-state index contributed by atoms with van der Waals surface area (Å²) in [5.74, 6) is -0.969. The molecule has 0 saturated heterocycles. The van der Waals surface area contributed by atoms with Crippen LogP contribution in [0.4, 0.5) is 5.69 Å². The third-order valence-corrected chi connectivity index (χ3v) is 4.91. The molecule has 1 atom stereocenters. The number of fused-ring (bicyclic) bond motifs is 3. The molecule has 0 bridgehead atoms. The number of carbonyl (C=O) groups is 2. The van der Waals surface area contributed by atoms with Gasteiger partial charge in [0.15, 0.2) is 6.10 Å². The fourth-order valence-corrected chi connectivity index (χ4v) is 3.48. The Bertz CT molecular complexity index is 1200. The first kappa shape index (κ1) is 18.7. The number of ether oxygens (including phenoxy) is 1. The number of carbonyl (C=O) groups excluding carboxylic acids is 2. The monoisotopic (exact) mass is 387 g/mol. The van der Waals surface area contributed by atoms with Crippen molar-refractivity contribution in [3.05, 3.63) is 72.6 Å². The Morgan fingerprint density at radius 3 is 2.62 bits per heavy atom. The second kappa shape index (κ2) is 7.75. The Hall–Kier alpha value is -3.67. The molecule has 4 rings (SSSR count). The fourth-order valence-electron chi connectivity index (χ4n) is 3.48. The lowest BCUT2D eigenvalue weighted by Gasteiger charge is -2.13. The number of hydrogen-bond donors (Lipinski definition) is 1. The van der Waals surface area contributed by atoms with E-state index >= 15 is 0 Å². The van der Waals surface area contributed by atoms with Gasteiger partial charge in [-0.2, -0.15) is 0 Å². The summed E-state index contributed by atoms with van der Waals surface area (Å²) in [6.07, 6.45) is 2.04.